The third-order valence-electron chi connectivity index (χ3n) is 6.83. The quantitative estimate of drug-likeness (QED) is 0.354. The Morgan fingerprint density at radius 3 is 2.73 bits per heavy atom. The summed E-state index contributed by atoms with van der Waals surface area (Å²) in [5.74, 6) is 0.614. The van der Waals surface area contributed by atoms with E-state index in [0.717, 1.165) is 48.4 Å². The predicted octanol–water partition coefficient (Wildman–Crippen LogP) is 1.15. The van der Waals surface area contributed by atoms with Crippen LogP contribution in [0.25, 0.3) is 5.52 Å². The van der Waals surface area contributed by atoms with Crippen LogP contribution < -0.4 is 5.32 Å². The van der Waals surface area contributed by atoms with E-state index in [9.17, 15) is 14.1 Å². The Morgan fingerprint density at radius 2 is 2.05 bits per heavy atom. The van der Waals surface area contributed by atoms with Gasteiger partial charge >= 0.3 is 0 Å². The summed E-state index contributed by atoms with van der Waals surface area (Å²) in [6, 6.07) is -0.390. The summed E-state index contributed by atoms with van der Waals surface area (Å²) in [5, 5.41) is 17.7. The van der Waals surface area contributed by atoms with Crippen LogP contribution in [0.15, 0.2) is 61.6 Å². The van der Waals surface area contributed by atoms with E-state index in [1.165, 1.54) is 6.33 Å². The van der Waals surface area contributed by atoms with Crippen molar-refractivity contribution in [1.82, 2.24) is 28.7 Å². The molecule has 1 saturated heterocycles. The van der Waals surface area contributed by atoms with E-state index in [2.05, 4.69) is 33.5 Å². The molecule has 0 saturated carbocycles. The number of aliphatic hydroxyl groups is 1. The number of amides is 1. The highest BCUT2D eigenvalue weighted by molar-refractivity contribution is 7.81. The van der Waals surface area contributed by atoms with Gasteiger partial charge in [-0.3, -0.25) is 9.69 Å². The molecule has 1 fully saturated rings. The number of fused-ring (bicyclic) bond motifs is 3. The molecule has 2 aliphatic heterocycles. The highest BCUT2D eigenvalue weighted by Gasteiger charge is 2.26. The fourth-order valence-electron chi connectivity index (χ4n) is 4.80. The van der Waals surface area contributed by atoms with Crippen LogP contribution in [0.4, 0.5) is 5.82 Å². The van der Waals surface area contributed by atoms with Crippen molar-refractivity contribution in [3.63, 3.8) is 0 Å². The van der Waals surface area contributed by atoms with E-state index in [4.69, 9.17) is 0 Å². The summed E-state index contributed by atoms with van der Waals surface area (Å²) in [4.78, 5) is 21.5. The number of anilines is 1. The zero-order valence-electron chi connectivity index (χ0n) is 21.3. The van der Waals surface area contributed by atoms with E-state index in [0.29, 0.717) is 31.9 Å². The Hall–Kier alpha value is -3.12. The molecule has 0 spiro atoms. The van der Waals surface area contributed by atoms with Gasteiger partial charge in [0.1, 0.15) is 11.8 Å². The SMILES string of the molecule is C=C/C=C(\C=C)[C@@H](CO)Nc1ncnn2cc3c(c12)CCN(C(=O)/C=C/CN1CCN(S(C)=O)CC1)C3. The number of rotatable bonds is 10. The molecule has 0 aromatic carbocycles. The van der Waals surface area contributed by atoms with Crippen LogP contribution in [-0.2, 0) is 28.7 Å². The minimum absolute atomic E-state index is 0.0100. The van der Waals surface area contributed by atoms with Crippen molar-refractivity contribution < 1.29 is 14.1 Å². The van der Waals surface area contributed by atoms with E-state index < -0.39 is 17.0 Å². The number of allylic oxidation sites excluding steroid dienone is 2. The number of piperazine rings is 1. The topological polar surface area (TPSA) is 106 Å². The molecule has 4 heterocycles. The van der Waals surface area contributed by atoms with Gasteiger partial charge in [0.2, 0.25) is 5.91 Å². The third kappa shape index (κ3) is 6.24. The summed E-state index contributed by atoms with van der Waals surface area (Å²) in [7, 11) is -0.924. The van der Waals surface area contributed by atoms with Crippen molar-refractivity contribution in [2.45, 2.75) is 19.0 Å². The molecule has 0 bridgehead atoms. The molecule has 2 atom stereocenters. The average Bonchev–Trinajstić information content (AvgIpc) is 3.29. The fraction of sp³-hybridized carbons (Fsp3) is 0.423. The minimum Gasteiger partial charge on any atom is -0.394 e. The first-order chi connectivity index (χ1) is 17.9. The second-order valence-corrected chi connectivity index (χ2v) is 10.5. The Balaban J connectivity index is 1.42. The molecule has 37 heavy (non-hydrogen) atoms. The van der Waals surface area contributed by atoms with Gasteiger partial charge in [-0.2, -0.15) is 5.10 Å². The van der Waals surface area contributed by atoms with Gasteiger partial charge < -0.3 is 15.3 Å². The van der Waals surface area contributed by atoms with Gasteiger partial charge in [0.25, 0.3) is 0 Å². The Labute approximate surface area is 220 Å². The maximum absolute atomic E-state index is 12.9. The summed E-state index contributed by atoms with van der Waals surface area (Å²) in [5.41, 5.74) is 3.80. The molecule has 2 aliphatic rings. The van der Waals surface area contributed by atoms with Gasteiger partial charge in [0.05, 0.1) is 23.6 Å². The largest absolute Gasteiger partial charge is 0.394 e. The van der Waals surface area contributed by atoms with Crippen LogP contribution >= 0.6 is 0 Å². The highest BCUT2D eigenvalue weighted by Crippen LogP contribution is 2.29. The summed E-state index contributed by atoms with van der Waals surface area (Å²) < 4.78 is 15.3. The predicted molar refractivity (Wildman–Crippen MR) is 146 cm³/mol. The first kappa shape index (κ1) is 26.9. The van der Waals surface area contributed by atoms with E-state index in [-0.39, 0.29) is 12.5 Å². The maximum atomic E-state index is 12.9. The lowest BCUT2D eigenvalue weighted by Crippen LogP contribution is -2.46. The second-order valence-electron chi connectivity index (χ2n) is 9.09. The van der Waals surface area contributed by atoms with Gasteiger partial charge in [-0.15, -0.1) is 0 Å². The number of nitrogens with zero attached hydrogens (tertiary/aromatic N) is 6. The van der Waals surface area contributed by atoms with Crippen molar-refractivity contribution in [2.24, 2.45) is 0 Å². The van der Waals surface area contributed by atoms with Gasteiger partial charge in [-0.25, -0.2) is 18.0 Å². The lowest BCUT2D eigenvalue weighted by molar-refractivity contribution is -0.126. The summed E-state index contributed by atoms with van der Waals surface area (Å²) >= 11 is 0. The monoisotopic (exact) mass is 525 g/mol. The number of hydrogen-bond acceptors (Lipinski definition) is 7. The Bertz CT molecular complexity index is 1230. The number of carbonyl (C=O) groups excluding carboxylic acids is 1. The van der Waals surface area contributed by atoms with E-state index in [1.807, 2.05) is 21.5 Å². The molecule has 1 amide bonds. The van der Waals surface area contributed by atoms with Crippen LogP contribution in [0.3, 0.4) is 0 Å². The minimum atomic E-state index is -0.924. The van der Waals surface area contributed by atoms with Crippen molar-refractivity contribution in [3.05, 3.63) is 72.8 Å². The maximum Gasteiger partial charge on any atom is 0.246 e. The van der Waals surface area contributed by atoms with Crippen LogP contribution in [0.1, 0.15) is 11.1 Å². The number of hydrogen-bond donors (Lipinski definition) is 2. The highest BCUT2D eigenvalue weighted by atomic mass is 32.2. The molecular formula is C26H35N7O3S. The number of carbonyl (C=O) groups is 1. The average molecular weight is 526 g/mol. The van der Waals surface area contributed by atoms with Crippen LogP contribution in [-0.4, -0.2) is 102 Å². The van der Waals surface area contributed by atoms with Crippen LogP contribution in [0, 0.1) is 0 Å². The second kappa shape index (κ2) is 12.4. The standard InChI is InChI=1S/C26H35N7O3S/c1-4-7-20(5-2)23(18-34)29-26-25-22-9-11-31(16-21(22)17-33(25)28-19-27-26)24(35)8-6-10-30-12-14-32(15-13-30)37(3)36/h4-8,17,19,23,34H,1-2,9-16,18H2,3H3,(H,27,28,29)/b8-6+,20-7+/t23-,37?/m1/s1. The molecule has 10 nitrogen and oxygen atoms in total. The molecule has 0 radical (unpaired) electrons. The van der Waals surface area contributed by atoms with Gasteiger partial charge in [0.15, 0.2) is 5.82 Å². The third-order valence-corrected chi connectivity index (χ3v) is 7.93. The van der Waals surface area contributed by atoms with Gasteiger partial charge in [-0.05, 0) is 23.1 Å². The van der Waals surface area contributed by atoms with Gasteiger partial charge in [-0.1, -0.05) is 37.5 Å². The molecule has 198 valence electrons. The normalized spacial score (nSPS) is 19.1. The molecule has 2 aromatic heterocycles. The molecule has 1 unspecified atom stereocenters. The Kier molecular flexibility index (Phi) is 9.04. The van der Waals surface area contributed by atoms with Crippen molar-refractivity contribution in [1.29, 1.82) is 0 Å². The molecule has 0 aliphatic carbocycles. The Morgan fingerprint density at radius 1 is 1.27 bits per heavy atom. The van der Waals surface area contributed by atoms with E-state index in [1.54, 1.807) is 35.1 Å². The molecule has 11 heteroatoms. The van der Waals surface area contributed by atoms with Crippen LogP contribution in [0.5, 0.6) is 0 Å². The number of nitrogens with one attached hydrogen (secondary N) is 1. The van der Waals surface area contributed by atoms with E-state index >= 15 is 0 Å². The van der Waals surface area contributed by atoms with Crippen LogP contribution in [0.2, 0.25) is 0 Å². The van der Waals surface area contributed by atoms with Gasteiger partial charge in [0, 0.05) is 64.3 Å². The van der Waals surface area contributed by atoms with Crippen molar-refractivity contribution in [2.75, 3.05) is 57.4 Å². The molecule has 2 N–H and O–H groups in total. The first-order valence-electron chi connectivity index (χ1n) is 12.4. The molecular weight excluding hydrogens is 490 g/mol. The van der Waals surface area contributed by atoms with Crippen molar-refractivity contribution in [3.8, 4) is 0 Å². The molecule has 4 rings (SSSR count). The van der Waals surface area contributed by atoms with Crippen molar-refractivity contribution >= 4 is 28.2 Å². The number of aliphatic hydroxyl groups excluding tert-OH is 1. The number of aromatic nitrogens is 3. The molecule has 2 aromatic rings. The summed E-state index contributed by atoms with van der Waals surface area (Å²) in [6.07, 6.45) is 14.5. The zero-order chi connectivity index (χ0) is 26.4. The first-order valence-corrected chi connectivity index (χ1v) is 13.9. The lowest BCUT2D eigenvalue weighted by atomic mass is 10.0. The summed E-state index contributed by atoms with van der Waals surface area (Å²) in [6.45, 7) is 12.5. The zero-order valence-corrected chi connectivity index (χ0v) is 22.1. The smallest absolute Gasteiger partial charge is 0.246 e. The fourth-order valence-corrected chi connectivity index (χ4v) is 5.48. The lowest BCUT2D eigenvalue weighted by Gasteiger charge is -2.32.